The van der Waals surface area contributed by atoms with E-state index in [1.807, 2.05) is 0 Å². The van der Waals surface area contributed by atoms with E-state index in [1.165, 1.54) is 0 Å². The van der Waals surface area contributed by atoms with Crippen LogP contribution in [0.2, 0.25) is 10.0 Å². The van der Waals surface area contributed by atoms with Crippen molar-refractivity contribution in [1.82, 2.24) is 5.32 Å². The summed E-state index contributed by atoms with van der Waals surface area (Å²) < 4.78 is 8.31. The summed E-state index contributed by atoms with van der Waals surface area (Å²) in [4.78, 5) is 12.5. The van der Waals surface area contributed by atoms with Crippen molar-refractivity contribution >= 4 is 57.5 Å². The van der Waals surface area contributed by atoms with Crippen LogP contribution in [0.25, 0.3) is 0 Å². The van der Waals surface area contributed by atoms with Crippen LogP contribution >= 0.6 is 23.2 Å². The standard InChI is InChI=1S/C13H14Cl2N4OS/c1-6-3-2-4-16-9(6)13(20)17-10-7(14)5-8(15)11-12(10)19-21-18-11/h5-6,9,16H,2-4H2,1H3,(H,17,20). The van der Waals surface area contributed by atoms with E-state index in [0.717, 1.165) is 30.7 Å². The molecule has 1 amide bonds. The van der Waals surface area contributed by atoms with Gasteiger partial charge in [0.2, 0.25) is 5.91 Å². The number of halogens is 2. The SMILES string of the molecule is CC1CCCNC1C(=O)Nc1c(Cl)cc(Cl)c2c1N=S=N2. The lowest BCUT2D eigenvalue weighted by atomic mass is 9.92. The van der Waals surface area contributed by atoms with Gasteiger partial charge in [0.25, 0.3) is 0 Å². The molecule has 0 aromatic heterocycles. The molecule has 1 saturated heterocycles. The lowest BCUT2D eigenvalue weighted by Gasteiger charge is -2.29. The van der Waals surface area contributed by atoms with E-state index in [-0.39, 0.29) is 17.9 Å². The number of carbonyl (C=O) groups is 1. The highest BCUT2D eigenvalue weighted by Gasteiger charge is 2.29. The number of rotatable bonds is 2. The molecule has 5 nitrogen and oxygen atoms in total. The second kappa shape index (κ2) is 6.04. The number of nitrogens with one attached hydrogen (secondary N) is 2. The minimum Gasteiger partial charge on any atom is -0.322 e. The predicted octanol–water partition coefficient (Wildman–Crippen LogP) is 4.05. The highest BCUT2D eigenvalue weighted by molar-refractivity contribution is 7.58. The van der Waals surface area contributed by atoms with E-state index in [4.69, 9.17) is 23.2 Å². The first-order chi connectivity index (χ1) is 10.1. The Morgan fingerprint density at radius 3 is 2.90 bits per heavy atom. The van der Waals surface area contributed by atoms with E-state index in [9.17, 15) is 4.79 Å². The highest BCUT2D eigenvalue weighted by Crippen LogP contribution is 2.47. The Bertz CT molecular complexity index is 673. The summed E-state index contributed by atoms with van der Waals surface area (Å²) in [5, 5.41) is 6.93. The summed E-state index contributed by atoms with van der Waals surface area (Å²) in [6, 6.07) is 1.37. The molecule has 0 aliphatic carbocycles. The first-order valence-corrected chi connectivity index (χ1v) is 8.21. The largest absolute Gasteiger partial charge is 0.322 e. The topological polar surface area (TPSA) is 65.8 Å². The molecule has 0 radical (unpaired) electrons. The monoisotopic (exact) mass is 344 g/mol. The molecule has 2 aliphatic rings. The van der Waals surface area contributed by atoms with Crippen LogP contribution in [0.3, 0.4) is 0 Å². The van der Waals surface area contributed by atoms with Crippen LogP contribution < -0.4 is 10.6 Å². The molecular weight excluding hydrogens is 331 g/mol. The van der Waals surface area contributed by atoms with Crippen LogP contribution in [-0.4, -0.2) is 18.5 Å². The maximum Gasteiger partial charge on any atom is 0.241 e. The van der Waals surface area contributed by atoms with E-state index < -0.39 is 0 Å². The molecular formula is C13H14Cl2N4OS. The average molecular weight is 345 g/mol. The fraction of sp³-hybridized carbons (Fsp3) is 0.462. The van der Waals surface area contributed by atoms with Crippen molar-refractivity contribution in [1.29, 1.82) is 0 Å². The van der Waals surface area contributed by atoms with Gasteiger partial charge in [-0.3, -0.25) is 4.79 Å². The maximum atomic E-state index is 12.5. The molecule has 1 aromatic carbocycles. The molecule has 21 heavy (non-hydrogen) atoms. The molecule has 2 unspecified atom stereocenters. The van der Waals surface area contributed by atoms with Gasteiger partial charge in [0.1, 0.15) is 11.4 Å². The lowest BCUT2D eigenvalue weighted by molar-refractivity contribution is -0.119. The van der Waals surface area contributed by atoms with Crippen LogP contribution in [0.4, 0.5) is 17.1 Å². The van der Waals surface area contributed by atoms with Gasteiger partial charge in [0, 0.05) is 0 Å². The molecule has 3 rings (SSSR count). The summed E-state index contributed by atoms with van der Waals surface area (Å²) in [7, 11) is 0. The Hall–Kier alpha value is -0.950. The number of carbonyl (C=O) groups excluding carboxylic acids is 1. The third kappa shape index (κ3) is 2.85. The highest BCUT2D eigenvalue weighted by atomic mass is 35.5. The summed E-state index contributed by atoms with van der Waals surface area (Å²) >= 11 is 13.3. The lowest BCUT2D eigenvalue weighted by Crippen LogP contribution is -2.48. The first-order valence-electron chi connectivity index (χ1n) is 6.72. The fourth-order valence-electron chi connectivity index (χ4n) is 2.59. The molecule has 1 fully saturated rings. The molecule has 2 N–H and O–H groups in total. The molecule has 8 heteroatoms. The number of nitrogens with zero attached hydrogens (tertiary/aromatic N) is 2. The zero-order valence-electron chi connectivity index (χ0n) is 11.3. The smallest absolute Gasteiger partial charge is 0.241 e. The number of anilines is 1. The molecule has 1 aromatic rings. The first kappa shape index (κ1) is 15.0. The summed E-state index contributed by atoms with van der Waals surface area (Å²) in [6.45, 7) is 2.92. The minimum absolute atomic E-state index is 0.0966. The number of hydrogen-bond donors (Lipinski definition) is 2. The maximum absolute atomic E-state index is 12.5. The molecule has 0 saturated carbocycles. The van der Waals surface area contributed by atoms with Gasteiger partial charge < -0.3 is 10.6 Å². The van der Waals surface area contributed by atoms with Crippen molar-refractivity contribution in [2.24, 2.45) is 14.6 Å². The normalized spacial score (nSPS) is 23.6. The van der Waals surface area contributed by atoms with Gasteiger partial charge in [0.15, 0.2) is 0 Å². The van der Waals surface area contributed by atoms with Crippen LogP contribution in [0, 0.1) is 5.92 Å². The van der Waals surface area contributed by atoms with Crippen molar-refractivity contribution in [2.45, 2.75) is 25.8 Å². The quantitative estimate of drug-likeness (QED) is 0.862. The van der Waals surface area contributed by atoms with Gasteiger partial charge in [-0.2, -0.15) is 8.73 Å². The second-order valence-electron chi connectivity index (χ2n) is 5.22. The summed E-state index contributed by atoms with van der Waals surface area (Å²) in [5.74, 6) is 0.189. The van der Waals surface area contributed by atoms with E-state index in [1.54, 1.807) is 6.07 Å². The number of amides is 1. The number of piperidine rings is 1. The Labute approximate surface area is 136 Å². The number of hydrogen-bond acceptors (Lipinski definition) is 4. The third-order valence-electron chi connectivity index (χ3n) is 3.74. The predicted molar refractivity (Wildman–Crippen MR) is 86.8 cm³/mol. The van der Waals surface area contributed by atoms with Crippen molar-refractivity contribution < 1.29 is 4.79 Å². The van der Waals surface area contributed by atoms with Crippen molar-refractivity contribution in [3.63, 3.8) is 0 Å². The van der Waals surface area contributed by atoms with Crippen LogP contribution in [-0.2, 0) is 16.1 Å². The summed E-state index contributed by atoms with van der Waals surface area (Å²) in [6.07, 6.45) is 2.13. The molecule has 0 spiro atoms. The Morgan fingerprint density at radius 1 is 1.38 bits per heavy atom. The second-order valence-corrected chi connectivity index (χ2v) is 6.56. The van der Waals surface area contributed by atoms with Gasteiger partial charge >= 0.3 is 0 Å². The van der Waals surface area contributed by atoms with Crippen LogP contribution in [0.5, 0.6) is 0 Å². The zero-order chi connectivity index (χ0) is 15.0. The molecule has 0 bridgehead atoms. The molecule has 2 atom stereocenters. The van der Waals surface area contributed by atoms with E-state index >= 15 is 0 Å². The van der Waals surface area contributed by atoms with Crippen molar-refractivity contribution in [2.75, 3.05) is 11.9 Å². The average Bonchev–Trinajstić information content (AvgIpc) is 2.93. The molecule has 2 heterocycles. The zero-order valence-corrected chi connectivity index (χ0v) is 13.6. The van der Waals surface area contributed by atoms with E-state index in [0.29, 0.717) is 27.1 Å². The van der Waals surface area contributed by atoms with Crippen molar-refractivity contribution in [3.05, 3.63) is 16.1 Å². The van der Waals surface area contributed by atoms with Crippen LogP contribution in [0.15, 0.2) is 14.8 Å². The third-order valence-corrected chi connectivity index (χ3v) is 4.86. The minimum atomic E-state index is -0.216. The number of benzene rings is 1. The number of fused-ring (bicyclic) bond motifs is 1. The fourth-order valence-corrected chi connectivity index (χ4v) is 3.75. The van der Waals surface area contributed by atoms with Gasteiger partial charge in [-0.15, -0.1) is 0 Å². The Morgan fingerprint density at radius 2 is 2.14 bits per heavy atom. The van der Waals surface area contributed by atoms with Crippen molar-refractivity contribution in [3.8, 4) is 0 Å². The summed E-state index contributed by atoms with van der Waals surface area (Å²) in [5.41, 5.74) is 1.58. The van der Waals surface area contributed by atoms with Gasteiger partial charge in [0.05, 0.1) is 33.1 Å². The van der Waals surface area contributed by atoms with E-state index in [2.05, 4.69) is 26.3 Å². The van der Waals surface area contributed by atoms with Crippen LogP contribution in [0.1, 0.15) is 19.8 Å². The Kier molecular flexibility index (Phi) is 4.31. The molecule has 112 valence electrons. The molecule has 2 aliphatic heterocycles. The van der Waals surface area contributed by atoms with Gasteiger partial charge in [-0.25, -0.2) is 0 Å². The van der Waals surface area contributed by atoms with Gasteiger partial charge in [-0.1, -0.05) is 30.1 Å². The Balaban J connectivity index is 1.87. The van der Waals surface area contributed by atoms with Gasteiger partial charge in [-0.05, 0) is 31.4 Å².